The molecule has 1 aliphatic rings. The maximum absolute atomic E-state index is 14.2. The number of anilines is 1. The molecule has 4 aromatic rings. The minimum Gasteiger partial charge on any atom is -0.353 e. The molecule has 0 unspecified atom stereocenters. The summed E-state index contributed by atoms with van der Waals surface area (Å²) in [5.74, 6) is 0.590. The van der Waals surface area contributed by atoms with Crippen LogP contribution in [0.4, 0.5) is 15.9 Å². The van der Waals surface area contributed by atoms with Crippen molar-refractivity contribution in [1.29, 1.82) is 0 Å². The molecule has 5 rings (SSSR count). The maximum Gasteiger partial charge on any atom is 0.270 e. The van der Waals surface area contributed by atoms with E-state index >= 15 is 0 Å². The SMILES string of the molecule is Cc1cc(N2CCN(C(=O)c3cc([N+](=O)[O-])ccc3Sc3ccccc3F)CC2)n2ncnc2n1. The number of hydrogen-bond donors (Lipinski definition) is 0. The number of amides is 1. The Morgan fingerprint density at radius 3 is 2.60 bits per heavy atom. The molecule has 178 valence electrons. The summed E-state index contributed by atoms with van der Waals surface area (Å²) < 4.78 is 15.9. The lowest BCUT2D eigenvalue weighted by Gasteiger charge is -2.36. The van der Waals surface area contributed by atoms with Crippen LogP contribution in [0.1, 0.15) is 16.1 Å². The van der Waals surface area contributed by atoms with Crippen molar-refractivity contribution in [1.82, 2.24) is 24.5 Å². The van der Waals surface area contributed by atoms with Gasteiger partial charge in [-0.15, -0.1) is 0 Å². The fourth-order valence-corrected chi connectivity index (χ4v) is 4.92. The van der Waals surface area contributed by atoms with Crippen molar-refractivity contribution in [3.8, 4) is 0 Å². The summed E-state index contributed by atoms with van der Waals surface area (Å²) >= 11 is 1.07. The molecular formula is C23H20FN7O3S. The molecule has 0 bridgehead atoms. The second kappa shape index (κ2) is 9.29. The topological polar surface area (TPSA) is 110 Å². The van der Waals surface area contributed by atoms with Gasteiger partial charge in [0.2, 0.25) is 0 Å². The van der Waals surface area contributed by atoms with E-state index in [0.717, 1.165) is 23.3 Å². The van der Waals surface area contributed by atoms with Gasteiger partial charge in [0, 0.05) is 59.9 Å². The highest BCUT2D eigenvalue weighted by Gasteiger charge is 2.27. The molecule has 2 aromatic heterocycles. The van der Waals surface area contributed by atoms with E-state index in [-0.39, 0.29) is 17.2 Å². The van der Waals surface area contributed by atoms with E-state index in [9.17, 15) is 19.3 Å². The second-order valence-electron chi connectivity index (χ2n) is 7.98. The van der Waals surface area contributed by atoms with Crippen molar-refractivity contribution in [2.45, 2.75) is 16.7 Å². The number of non-ortho nitro benzene ring substituents is 1. The van der Waals surface area contributed by atoms with Crippen molar-refractivity contribution in [2.24, 2.45) is 0 Å². The highest BCUT2D eigenvalue weighted by Crippen LogP contribution is 2.35. The number of nitrogens with zero attached hydrogens (tertiary/aromatic N) is 7. The Balaban J connectivity index is 1.39. The molecule has 10 nitrogen and oxygen atoms in total. The zero-order chi connectivity index (χ0) is 24.5. The molecule has 1 aliphatic heterocycles. The highest BCUT2D eigenvalue weighted by molar-refractivity contribution is 7.99. The Bertz CT molecular complexity index is 1440. The number of aromatic nitrogens is 4. The number of nitro groups is 1. The Morgan fingerprint density at radius 2 is 1.86 bits per heavy atom. The zero-order valence-electron chi connectivity index (χ0n) is 18.7. The van der Waals surface area contributed by atoms with Crippen LogP contribution in [-0.2, 0) is 0 Å². The van der Waals surface area contributed by atoms with Gasteiger partial charge in [0.15, 0.2) is 0 Å². The van der Waals surface area contributed by atoms with Crippen LogP contribution in [0.15, 0.2) is 64.6 Å². The van der Waals surface area contributed by atoms with Gasteiger partial charge in [-0.2, -0.15) is 14.6 Å². The van der Waals surface area contributed by atoms with Crippen LogP contribution in [0.5, 0.6) is 0 Å². The third kappa shape index (κ3) is 4.52. The lowest BCUT2D eigenvalue weighted by molar-refractivity contribution is -0.384. The van der Waals surface area contributed by atoms with E-state index in [2.05, 4.69) is 20.0 Å². The lowest BCUT2D eigenvalue weighted by atomic mass is 10.1. The number of hydrogen-bond acceptors (Lipinski definition) is 8. The smallest absolute Gasteiger partial charge is 0.270 e. The van der Waals surface area contributed by atoms with Crippen LogP contribution in [0.25, 0.3) is 5.78 Å². The van der Waals surface area contributed by atoms with Crippen LogP contribution in [0.3, 0.4) is 0 Å². The number of halogens is 1. The molecule has 0 N–H and O–H groups in total. The Kier molecular flexibility index (Phi) is 6.03. The zero-order valence-corrected chi connectivity index (χ0v) is 19.5. The van der Waals surface area contributed by atoms with E-state index in [1.54, 1.807) is 27.6 Å². The average Bonchev–Trinajstić information content (AvgIpc) is 3.33. The largest absolute Gasteiger partial charge is 0.353 e. The van der Waals surface area contributed by atoms with E-state index < -0.39 is 10.7 Å². The first-order valence-electron chi connectivity index (χ1n) is 10.8. The molecular weight excluding hydrogens is 473 g/mol. The molecule has 35 heavy (non-hydrogen) atoms. The molecule has 0 spiro atoms. The van der Waals surface area contributed by atoms with Crippen molar-refractivity contribution in [3.63, 3.8) is 0 Å². The minimum absolute atomic E-state index is 0.180. The van der Waals surface area contributed by atoms with Gasteiger partial charge in [-0.1, -0.05) is 23.9 Å². The van der Waals surface area contributed by atoms with Crippen LogP contribution in [0.2, 0.25) is 0 Å². The van der Waals surface area contributed by atoms with Crippen LogP contribution in [0, 0.1) is 22.9 Å². The minimum atomic E-state index is -0.540. The number of nitro benzene ring substituents is 1. The van der Waals surface area contributed by atoms with Crippen LogP contribution < -0.4 is 4.90 Å². The molecule has 0 aliphatic carbocycles. The van der Waals surface area contributed by atoms with Gasteiger partial charge < -0.3 is 9.80 Å². The van der Waals surface area contributed by atoms with Crippen molar-refractivity contribution >= 4 is 35.0 Å². The predicted molar refractivity (Wildman–Crippen MR) is 127 cm³/mol. The molecule has 2 aromatic carbocycles. The van der Waals surface area contributed by atoms with Gasteiger partial charge >= 0.3 is 0 Å². The summed E-state index contributed by atoms with van der Waals surface area (Å²) in [5, 5.41) is 15.6. The van der Waals surface area contributed by atoms with Crippen molar-refractivity contribution < 1.29 is 14.1 Å². The highest BCUT2D eigenvalue weighted by atomic mass is 32.2. The molecule has 1 saturated heterocycles. The Labute approximate surface area is 203 Å². The summed E-state index contributed by atoms with van der Waals surface area (Å²) in [6.45, 7) is 3.77. The fraction of sp³-hybridized carbons (Fsp3) is 0.217. The summed E-state index contributed by atoms with van der Waals surface area (Å²) in [7, 11) is 0. The fourth-order valence-electron chi connectivity index (χ4n) is 3.98. The number of fused-ring (bicyclic) bond motifs is 1. The van der Waals surface area contributed by atoms with Gasteiger partial charge in [-0.25, -0.2) is 9.37 Å². The molecule has 12 heteroatoms. The number of piperazine rings is 1. The first-order chi connectivity index (χ1) is 16.9. The summed E-state index contributed by atoms with van der Waals surface area (Å²) in [4.78, 5) is 37.4. The van der Waals surface area contributed by atoms with Crippen molar-refractivity contribution in [3.05, 3.63) is 82.0 Å². The lowest BCUT2D eigenvalue weighted by Crippen LogP contribution is -2.49. The molecule has 1 fully saturated rings. The monoisotopic (exact) mass is 493 g/mol. The predicted octanol–water partition coefficient (Wildman–Crippen LogP) is 3.59. The normalized spacial score (nSPS) is 13.9. The van der Waals surface area contributed by atoms with Crippen LogP contribution >= 0.6 is 11.8 Å². The van der Waals surface area contributed by atoms with Gasteiger partial charge in [0.25, 0.3) is 17.4 Å². The first-order valence-corrected chi connectivity index (χ1v) is 11.6. The quantitative estimate of drug-likeness (QED) is 0.306. The first kappa shape index (κ1) is 22.7. The molecule has 0 radical (unpaired) electrons. The van der Waals surface area contributed by atoms with E-state index in [4.69, 9.17) is 0 Å². The number of carbonyl (C=O) groups excluding carboxylic acids is 1. The number of aryl methyl sites for hydroxylation is 1. The average molecular weight is 494 g/mol. The van der Waals surface area contributed by atoms with Crippen molar-refractivity contribution in [2.75, 3.05) is 31.1 Å². The van der Waals surface area contributed by atoms with Gasteiger partial charge in [0.05, 0.1) is 10.5 Å². The molecule has 0 saturated carbocycles. The van der Waals surface area contributed by atoms with Gasteiger partial charge in [0.1, 0.15) is 18.0 Å². The van der Waals surface area contributed by atoms with E-state index in [1.165, 1.54) is 30.6 Å². The van der Waals surface area contributed by atoms with Gasteiger partial charge in [-0.05, 0) is 25.1 Å². The molecule has 3 heterocycles. The third-order valence-electron chi connectivity index (χ3n) is 5.71. The standard InChI is InChI=1S/C23H20FN7O3S/c1-15-12-21(30-23(27-15)25-14-26-30)28-8-10-29(11-9-28)22(32)17-13-16(31(33)34)6-7-19(17)35-20-5-3-2-4-18(20)24/h2-7,12-14H,8-11H2,1H3. The maximum atomic E-state index is 14.2. The Hall–Kier alpha value is -4.06. The summed E-state index contributed by atoms with van der Waals surface area (Å²) in [5.41, 5.74) is 0.801. The molecule has 1 amide bonds. The Morgan fingerprint density at radius 1 is 1.09 bits per heavy atom. The summed E-state index contributed by atoms with van der Waals surface area (Å²) in [6, 6.07) is 12.2. The summed E-state index contributed by atoms with van der Waals surface area (Å²) in [6.07, 6.45) is 1.45. The van der Waals surface area contributed by atoms with Gasteiger partial charge in [-0.3, -0.25) is 14.9 Å². The number of carbonyl (C=O) groups is 1. The number of rotatable bonds is 5. The second-order valence-corrected chi connectivity index (χ2v) is 9.06. The third-order valence-corrected chi connectivity index (χ3v) is 6.84. The molecule has 0 atom stereocenters. The van der Waals surface area contributed by atoms with E-state index in [0.29, 0.717) is 41.7 Å². The van der Waals surface area contributed by atoms with E-state index in [1.807, 2.05) is 13.0 Å². The van der Waals surface area contributed by atoms with Crippen LogP contribution in [-0.4, -0.2) is 61.5 Å². The number of benzene rings is 2.